The third kappa shape index (κ3) is 3.09. The Morgan fingerprint density at radius 1 is 1.29 bits per heavy atom. The van der Waals surface area contributed by atoms with Crippen LogP contribution in [0.5, 0.6) is 0 Å². The molecule has 1 aliphatic rings. The molecule has 1 aliphatic carbocycles. The summed E-state index contributed by atoms with van der Waals surface area (Å²) < 4.78 is 0. The van der Waals surface area contributed by atoms with Gasteiger partial charge >= 0.3 is 0 Å². The van der Waals surface area contributed by atoms with Crippen molar-refractivity contribution in [2.45, 2.75) is 38.6 Å². The smallest absolute Gasteiger partial charge is 0.0670 e. The lowest BCUT2D eigenvalue weighted by atomic mass is 9.90. The molecule has 0 radical (unpaired) electrons. The second kappa shape index (κ2) is 5.67. The molecule has 1 aromatic carbocycles. The van der Waals surface area contributed by atoms with Gasteiger partial charge in [-0.2, -0.15) is 0 Å². The number of hydrogen-bond donors (Lipinski definition) is 2. The first kappa shape index (κ1) is 12.6. The lowest BCUT2D eigenvalue weighted by molar-refractivity contribution is 0.565. The van der Waals surface area contributed by atoms with E-state index in [1.165, 1.54) is 24.0 Å². The van der Waals surface area contributed by atoms with Crippen molar-refractivity contribution in [3.63, 3.8) is 0 Å². The first-order valence-corrected chi connectivity index (χ1v) is 6.50. The molecule has 0 spiro atoms. The van der Waals surface area contributed by atoms with Crippen molar-refractivity contribution in [2.24, 2.45) is 5.84 Å². The standard InChI is InChI=1S/C14H19ClN2/c1-10-7-12(9-13(15)8-10)14(17-16)11-5-3-2-4-6-11/h5,7-9,14,17H,2-4,6,16H2,1H3. The van der Waals surface area contributed by atoms with E-state index in [-0.39, 0.29) is 6.04 Å². The zero-order valence-electron chi connectivity index (χ0n) is 10.2. The van der Waals surface area contributed by atoms with E-state index in [9.17, 15) is 0 Å². The molecule has 0 aromatic heterocycles. The number of nitrogens with one attached hydrogen (secondary N) is 1. The normalized spacial score (nSPS) is 17.7. The van der Waals surface area contributed by atoms with Crippen molar-refractivity contribution in [2.75, 3.05) is 0 Å². The van der Waals surface area contributed by atoms with E-state index in [4.69, 9.17) is 17.4 Å². The van der Waals surface area contributed by atoms with Gasteiger partial charge in [-0.1, -0.05) is 29.3 Å². The van der Waals surface area contributed by atoms with Gasteiger partial charge < -0.3 is 0 Å². The zero-order chi connectivity index (χ0) is 12.3. The molecule has 0 fully saturated rings. The van der Waals surface area contributed by atoms with Crippen molar-refractivity contribution < 1.29 is 0 Å². The summed E-state index contributed by atoms with van der Waals surface area (Å²) in [6.07, 6.45) is 7.14. The molecule has 3 N–H and O–H groups in total. The van der Waals surface area contributed by atoms with Crippen LogP contribution in [-0.4, -0.2) is 0 Å². The number of rotatable bonds is 3. The first-order valence-electron chi connectivity index (χ1n) is 6.13. The maximum absolute atomic E-state index is 6.10. The van der Waals surface area contributed by atoms with Crippen molar-refractivity contribution >= 4 is 11.6 Å². The monoisotopic (exact) mass is 250 g/mol. The van der Waals surface area contributed by atoms with Gasteiger partial charge in [0.2, 0.25) is 0 Å². The van der Waals surface area contributed by atoms with Gasteiger partial charge in [0.1, 0.15) is 0 Å². The van der Waals surface area contributed by atoms with Crippen LogP contribution < -0.4 is 11.3 Å². The van der Waals surface area contributed by atoms with Crippen molar-refractivity contribution in [1.82, 2.24) is 5.43 Å². The first-order chi connectivity index (χ1) is 8.20. The summed E-state index contributed by atoms with van der Waals surface area (Å²) in [6.45, 7) is 2.05. The largest absolute Gasteiger partial charge is 0.271 e. The van der Waals surface area contributed by atoms with E-state index in [2.05, 4.69) is 24.5 Å². The summed E-state index contributed by atoms with van der Waals surface area (Å²) in [5.41, 5.74) is 6.63. The third-order valence-corrected chi connectivity index (χ3v) is 3.48. The Kier molecular flexibility index (Phi) is 4.21. The number of halogens is 1. The molecule has 1 atom stereocenters. The average molecular weight is 251 g/mol. The van der Waals surface area contributed by atoms with Crippen LogP contribution in [-0.2, 0) is 0 Å². The van der Waals surface area contributed by atoms with Crippen molar-refractivity contribution in [3.05, 3.63) is 46.0 Å². The van der Waals surface area contributed by atoms with Gasteiger partial charge in [-0.3, -0.25) is 5.84 Å². The van der Waals surface area contributed by atoms with Crippen LogP contribution in [0.15, 0.2) is 29.8 Å². The lowest BCUT2D eigenvalue weighted by Gasteiger charge is -2.23. The van der Waals surface area contributed by atoms with Gasteiger partial charge in [-0.15, -0.1) is 0 Å². The molecule has 0 saturated carbocycles. The number of benzene rings is 1. The molecule has 2 rings (SSSR count). The van der Waals surface area contributed by atoms with E-state index in [1.807, 2.05) is 12.1 Å². The Balaban J connectivity index is 2.31. The molecular weight excluding hydrogens is 232 g/mol. The molecule has 0 saturated heterocycles. The van der Waals surface area contributed by atoms with E-state index in [0.29, 0.717) is 0 Å². The Morgan fingerprint density at radius 3 is 2.71 bits per heavy atom. The molecule has 3 heteroatoms. The Labute approximate surface area is 108 Å². The van der Waals surface area contributed by atoms with Gasteiger partial charge in [0.25, 0.3) is 0 Å². The Hall–Kier alpha value is -0.830. The number of allylic oxidation sites excluding steroid dienone is 1. The fourth-order valence-electron chi connectivity index (χ4n) is 2.47. The number of nitrogens with two attached hydrogens (primary N) is 1. The highest BCUT2D eigenvalue weighted by atomic mass is 35.5. The molecule has 0 heterocycles. The number of hydrogen-bond acceptors (Lipinski definition) is 2. The third-order valence-electron chi connectivity index (χ3n) is 3.26. The minimum absolute atomic E-state index is 0.104. The van der Waals surface area contributed by atoms with E-state index in [0.717, 1.165) is 23.4 Å². The molecule has 2 nitrogen and oxygen atoms in total. The zero-order valence-corrected chi connectivity index (χ0v) is 10.9. The Bertz CT molecular complexity index is 406. The van der Waals surface area contributed by atoms with Crippen molar-refractivity contribution in [1.29, 1.82) is 0 Å². The maximum atomic E-state index is 6.10. The topological polar surface area (TPSA) is 38.0 Å². The summed E-state index contributed by atoms with van der Waals surface area (Å²) in [7, 11) is 0. The summed E-state index contributed by atoms with van der Waals surface area (Å²) in [6, 6.07) is 6.21. The molecule has 17 heavy (non-hydrogen) atoms. The number of aryl methyl sites for hydroxylation is 1. The molecule has 0 amide bonds. The summed E-state index contributed by atoms with van der Waals surface area (Å²) in [5, 5.41) is 0.775. The van der Waals surface area contributed by atoms with E-state index < -0.39 is 0 Å². The fourth-order valence-corrected chi connectivity index (χ4v) is 2.77. The quantitative estimate of drug-likeness (QED) is 0.488. The average Bonchev–Trinajstić information content (AvgIpc) is 2.30. The minimum atomic E-state index is 0.104. The molecule has 1 aromatic rings. The lowest BCUT2D eigenvalue weighted by Crippen LogP contribution is -2.30. The second-order valence-electron chi connectivity index (χ2n) is 4.69. The molecule has 0 bridgehead atoms. The van der Waals surface area contributed by atoms with Gasteiger partial charge in [0, 0.05) is 5.02 Å². The van der Waals surface area contributed by atoms with Gasteiger partial charge in [0.15, 0.2) is 0 Å². The van der Waals surface area contributed by atoms with Crippen LogP contribution in [0.3, 0.4) is 0 Å². The van der Waals surface area contributed by atoms with Crippen molar-refractivity contribution in [3.8, 4) is 0 Å². The SMILES string of the molecule is Cc1cc(Cl)cc(C(NN)C2=CCCCC2)c1. The van der Waals surface area contributed by atoms with E-state index >= 15 is 0 Å². The predicted molar refractivity (Wildman–Crippen MR) is 72.8 cm³/mol. The van der Waals surface area contributed by atoms with Crippen LogP contribution in [0, 0.1) is 6.92 Å². The maximum Gasteiger partial charge on any atom is 0.0670 e. The predicted octanol–water partition coefficient (Wildman–Crippen LogP) is 3.65. The highest BCUT2D eigenvalue weighted by Crippen LogP contribution is 2.31. The molecule has 92 valence electrons. The Morgan fingerprint density at radius 2 is 2.12 bits per heavy atom. The number of hydrazine groups is 1. The van der Waals surface area contributed by atoms with Crippen LogP contribution >= 0.6 is 11.6 Å². The van der Waals surface area contributed by atoms with Gasteiger partial charge in [-0.25, -0.2) is 5.43 Å². The summed E-state index contributed by atoms with van der Waals surface area (Å²) >= 11 is 6.10. The highest BCUT2D eigenvalue weighted by molar-refractivity contribution is 6.30. The fraction of sp³-hybridized carbons (Fsp3) is 0.429. The van der Waals surface area contributed by atoms with Crippen LogP contribution in [0.1, 0.15) is 42.9 Å². The van der Waals surface area contributed by atoms with Crippen LogP contribution in [0.25, 0.3) is 0 Å². The summed E-state index contributed by atoms with van der Waals surface area (Å²) in [4.78, 5) is 0. The molecule has 1 unspecified atom stereocenters. The second-order valence-corrected chi connectivity index (χ2v) is 5.12. The molecule has 0 aliphatic heterocycles. The van der Waals surface area contributed by atoms with Gasteiger partial charge in [-0.05, 0) is 55.9 Å². The molecular formula is C14H19ClN2. The van der Waals surface area contributed by atoms with Crippen LogP contribution in [0.4, 0.5) is 0 Å². The minimum Gasteiger partial charge on any atom is -0.271 e. The van der Waals surface area contributed by atoms with Gasteiger partial charge in [0.05, 0.1) is 6.04 Å². The summed E-state index contributed by atoms with van der Waals surface area (Å²) in [5.74, 6) is 5.70. The highest BCUT2D eigenvalue weighted by Gasteiger charge is 2.17. The van der Waals surface area contributed by atoms with Crippen LogP contribution in [0.2, 0.25) is 5.02 Å². The van der Waals surface area contributed by atoms with E-state index in [1.54, 1.807) is 0 Å².